The van der Waals surface area contributed by atoms with Crippen molar-refractivity contribution in [1.29, 1.82) is 0 Å². The predicted molar refractivity (Wildman–Crippen MR) is 131 cm³/mol. The Kier molecular flexibility index (Phi) is 5.39. The number of hydrogen-bond acceptors (Lipinski definition) is 8. The van der Waals surface area contributed by atoms with Crippen LogP contribution in [0.4, 0.5) is 5.95 Å². The summed E-state index contributed by atoms with van der Waals surface area (Å²) in [6.45, 7) is 6.33. The van der Waals surface area contributed by atoms with Crippen LogP contribution in [-0.4, -0.2) is 41.9 Å². The number of aryl methyl sites for hydroxylation is 1. The molecule has 0 saturated heterocycles. The third-order valence-electron chi connectivity index (χ3n) is 6.40. The van der Waals surface area contributed by atoms with E-state index in [2.05, 4.69) is 37.5 Å². The fourth-order valence-electron chi connectivity index (χ4n) is 4.85. The summed E-state index contributed by atoms with van der Waals surface area (Å²) < 4.78 is 18.3. The van der Waals surface area contributed by atoms with Crippen molar-refractivity contribution >= 4 is 23.1 Å². The molecule has 5 rings (SSSR count). The van der Waals surface area contributed by atoms with Crippen LogP contribution < -0.4 is 19.5 Å². The number of fused-ring (bicyclic) bond motifs is 1. The lowest BCUT2D eigenvalue weighted by atomic mass is 9.73. The molecule has 0 fully saturated rings. The standard InChI is InChI=1S/C25H28N4O4S/c1-13-7-8-34-22(13)20-19-15(11-25(2,3)12-16(19)30)26-24-27-23(28-29(20)24)14-9-17(31-4)21(33-6)18(10-14)32-5/h7-10,20H,11-12H2,1-6H3,(H,26,27,28). The Morgan fingerprint density at radius 3 is 2.41 bits per heavy atom. The smallest absolute Gasteiger partial charge is 0.226 e. The van der Waals surface area contributed by atoms with E-state index in [1.165, 1.54) is 0 Å². The Bertz CT molecular complexity index is 1300. The van der Waals surface area contributed by atoms with Crippen molar-refractivity contribution in [2.75, 3.05) is 26.6 Å². The van der Waals surface area contributed by atoms with E-state index in [1.54, 1.807) is 32.7 Å². The number of hydrogen-bond donors (Lipinski definition) is 1. The summed E-state index contributed by atoms with van der Waals surface area (Å²) in [4.78, 5) is 19.3. The average Bonchev–Trinajstić information content (AvgIpc) is 3.41. The number of carbonyl (C=O) groups excluding carboxylic acids is 1. The second-order valence-electron chi connectivity index (χ2n) is 9.45. The van der Waals surface area contributed by atoms with Crippen LogP contribution in [0, 0.1) is 12.3 Å². The van der Waals surface area contributed by atoms with E-state index in [0.717, 1.165) is 33.7 Å². The first-order chi connectivity index (χ1) is 16.3. The summed E-state index contributed by atoms with van der Waals surface area (Å²) in [5.74, 6) is 2.84. The van der Waals surface area contributed by atoms with Gasteiger partial charge in [0.2, 0.25) is 11.7 Å². The van der Waals surface area contributed by atoms with Gasteiger partial charge in [-0.15, -0.1) is 16.4 Å². The Morgan fingerprint density at radius 2 is 1.82 bits per heavy atom. The summed E-state index contributed by atoms with van der Waals surface area (Å²) in [6.07, 6.45) is 1.29. The molecule has 178 valence electrons. The first-order valence-electron chi connectivity index (χ1n) is 11.1. The van der Waals surface area contributed by atoms with Crippen LogP contribution in [0.5, 0.6) is 17.2 Å². The summed E-state index contributed by atoms with van der Waals surface area (Å²) in [5.41, 5.74) is 3.48. The number of nitrogens with one attached hydrogen (secondary N) is 1. The van der Waals surface area contributed by atoms with Gasteiger partial charge >= 0.3 is 0 Å². The van der Waals surface area contributed by atoms with E-state index in [4.69, 9.17) is 24.3 Å². The van der Waals surface area contributed by atoms with Crippen molar-refractivity contribution in [1.82, 2.24) is 14.8 Å². The monoisotopic (exact) mass is 480 g/mol. The molecule has 0 amide bonds. The maximum absolute atomic E-state index is 13.4. The van der Waals surface area contributed by atoms with Crippen LogP contribution in [0.3, 0.4) is 0 Å². The van der Waals surface area contributed by atoms with Crippen LogP contribution in [-0.2, 0) is 4.79 Å². The molecular weight excluding hydrogens is 452 g/mol. The van der Waals surface area contributed by atoms with Gasteiger partial charge in [0.05, 0.1) is 21.3 Å². The van der Waals surface area contributed by atoms with E-state index in [1.807, 2.05) is 16.8 Å². The van der Waals surface area contributed by atoms with E-state index in [-0.39, 0.29) is 17.2 Å². The highest BCUT2D eigenvalue weighted by molar-refractivity contribution is 7.10. The van der Waals surface area contributed by atoms with E-state index in [9.17, 15) is 4.79 Å². The molecule has 8 nitrogen and oxygen atoms in total. The van der Waals surface area contributed by atoms with Crippen LogP contribution in [0.15, 0.2) is 34.8 Å². The number of rotatable bonds is 5. The average molecular weight is 481 g/mol. The number of benzene rings is 1. The van der Waals surface area contributed by atoms with Gasteiger partial charge in [0.15, 0.2) is 23.1 Å². The van der Waals surface area contributed by atoms with Crippen LogP contribution >= 0.6 is 11.3 Å². The zero-order valence-corrected chi connectivity index (χ0v) is 21.0. The van der Waals surface area contributed by atoms with Crippen LogP contribution in [0.2, 0.25) is 0 Å². The highest BCUT2D eigenvalue weighted by atomic mass is 32.1. The molecule has 3 aromatic rings. The lowest BCUT2D eigenvalue weighted by Crippen LogP contribution is -2.36. The van der Waals surface area contributed by atoms with Gasteiger partial charge in [-0.25, -0.2) is 4.68 Å². The number of aromatic nitrogens is 3. The topological polar surface area (TPSA) is 87.5 Å². The molecule has 1 aliphatic heterocycles. The Hall–Kier alpha value is -3.33. The summed E-state index contributed by atoms with van der Waals surface area (Å²) in [5, 5.41) is 10.4. The second kappa shape index (κ2) is 8.16. The number of thiophene rings is 1. The number of methoxy groups -OCH3 is 3. The molecule has 3 heterocycles. The number of Topliss-reactive ketones (excluding diaryl/α,β-unsaturated/α-hetero) is 1. The molecule has 34 heavy (non-hydrogen) atoms. The molecule has 9 heteroatoms. The Balaban J connectivity index is 1.67. The summed E-state index contributed by atoms with van der Waals surface area (Å²) >= 11 is 1.64. The molecule has 0 bridgehead atoms. The van der Waals surface area contributed by atoms with E-state index >= 15 is 0 Å². The van der Waals surface area contributed by atoms with Gasteiger partial charge in [0.25, 0.3) is 0 Å². The Labute approximate surface area is 202 Å². The molecule has 1 unspecified atom stereocenters. The van der Waals surface area contributed by atoms with Gasteiger partial charge in [-0.05, 0) is 47.9 Å². The SMILES string of the molecule is COc1cc(-c2nc3n(n2)C(c2sccc2C)C2=C(CC(C)(C)CC2=O)N3)cc(OC)c1OC. The van der Waals surface area contributed by atoms with Crippen LogP contribution in [0.1, 0.15) is 43.2 Å². The lowest BCUT2D eigenvalue weighted by Gasteiger charge is -2.38. The molecule has 2 aliphatic rings. The molecule has 1 aromatic carbocycles. The number of nitrogens with zero attached hydrogens (tertiary/aromatic N) is 3. The number of ether oxygens (including phenoxy) is 3. The third kappa shape index (κ3) is 3.55. The van der Waals surface area contributed by atoms with Crippen molar-refractivity contribution in [3.63, 3.8) is 0 Å². The van der Waals surface area contributed by atoms with Gasteiger partial charge in [0, 0.05) is 28.1 Å². The maximum atomic E-state index is 13.4. The van der Waals surface area contributed by atoms with Crippen molar-refractivity contribution in [2.45, 2.75) is 39.7 Å². The summed E-state index contributed by atoms with van der Waals surface area (Å²) in [6, 6.07) is 5.43. The first-order valence-corrected chi connectivity index (χ1v) is 12.0. The second-order valence-corrected chi connectivity index (χ2v) is 10.4. The minimum absolute atomic E-state index is 0.111. The lowest BCUT2D eigenvalue weighted by molar-refractivity contribution is -0.118. The van der Waals surface area contributed by atoms with Crippen molar-refractivity contribution in [3.8, 4) is 28.6 Å². The molecule has 0 spiro atoms. The van der Waals surface area contributed by atoms with Crippen molar-refractivity contribution in [2.24, 2.45) is 5.41 Å². The molecule has 1 atom stereocenters. The molecular formula is C25H28N4O4S. The van der Waals surface area contributed by atoms with E-state index in [0.29, 0.717) is 35.4 Å². The highest BCUT2D eigenvalue weighted by Gasteiger charge is 2.42. The zero-order valence-electron chi connectivity index (χ0n) is 20.2. The number of carbonyl (C=O) groups is 1. The minimum Gasteiger partial charge on any atom is -0.493 e. The van der Waals surface area contributed by atoms with Gasteiger partial charge < -0.3 is 19.5 Å². The minimum atomic E-state index is -0.307. The highest BCUT2D eigenvalue weighted by Crippen LogP contribution is 2.48. The fourth-order valence-corrected chi connectivity index (χ4v) is 5.87. The molecule has 1 N–H and O–H groups in total. The van der Waals surface area contributed by atoms with Crippen molar-refractivity contribution < 1.29 is 19.0 Å². The predicted octanol–water partition coefficient (Wildman–Crippen LogP) is 5.00. The normalized spacial score (nSPS) is 18.8. The molecule has 2 aromatic heterocycles. The van der Waals surface area contributed by atoms with Crippen LogP contribution in [0.25, 0.3) is 11.4 Å². The van der Waals surface area contributed by atoms with E-state index < -0.39 is 0 Å². The zero-order chi connectivity index (χ0) is 24.2. The van der Waals surface area contributed by atoms with Gasteiger partial charge in [-0.2, -0.15) is 4.98 Å². The molecule has 0 saturated carbocycles. The third-order valence-corrected chi connectivity index (χ3v) is 7.48. The molecule has 1 aliphatic carbocycles. The van der Waals surface area contributed by atoms with Crippen molar-refractivity contribution in [3.05, 3.63) is 45.3 Å². The largest absolute Gasteiger partial charge is 0.493 e. The number of ketones is 1. The number of anilines is 1. The quantitative estimate of drug-likeness (QED) is 0.550. The number of allylic oxidation sites excluding steroid dienone is 2. The van der Waals surface area contributed by atoms with Gasteiger partial charge in [-0.3, -0.25) is 4.79 Å². The van der Waals surface area contributed by atoms with Gasteiger partial charge in [0.1, 0.15) is 6.04 Å². The molecule has 0 radical (unpaired) electrons. The Morgan fingerprint density at radius 1 is 1.12 bits per heavy atom. The van der Waals surface area contributed by atoms with Gasteiger partial charge in [-0.1, -0.05) is 13.8 Å². The fraction of sp³-hybridized carbons (Fsp3) is 0.400. The maximum Gasteiger partial charge on any atom is 0.226 e. The first kappa shape index (κ1) is 22.5. The summed E-state index contributed by atoms with van der Waals surface area (Å²) in [7, 11) is 4.73.